The quantitative estimate of drug-likeness (QED) is 0.823. The molecular weight excluding hydrogens is 350 g/mol. The van der Waals surface area contributed by atoms with E-state index in [2.05, 4.69) is 23.1 Å². The van der Waals surface area contributed by atoms with Crippen molar-refractivity contribution in [1.29, 1.82) is 5.26 Å². The minimum atomic E-state index is -0.00172. The van der Waals surface area contributed by atoms with Crippen molar-refractivity contribution in [2.24, 2.45) is 5.92 Å². The molecule has 0 aliphatic carbocycles. The third kappa shape index (κ3) is 3.74. The second kappa shape index (κ2) is 8.04. The molecule has 0 spiro atoms. The summed E-state index contributed by atoms with van der Waals surface area (Å²) in [5.41, 5.74) is 2.25. The SMILES string of the molecule is COc1ccc(CN2C[C@@H]3CC[C@H](C2)N(C(=O)c2ccccc2C#N)C3)cc1. The van der Waals surface area contributed by atoms with E-state index in [0.29, 0.717) is 17.0 Å². The number of carbonyl (C=O) groups is 1. The summed E-state index contributed by atoms with van der Waals surface area (Å²) in [7, 11) is 1.68. The first-order chi connectivity index (χ1) is 13.7. The summed E-state index contributed by atoms with van der Waals surface area (Å²) >= 11 is 0. The number of nitrogens with zero attached hydrogens (tertiary/aromatic N) is 3. The van der Waals surface area contributed by atoms with Gasteiger partial charge >= 0.3 is 0 Å². The molecule has 5 nitrogen and oxygen atoms in total. The zero-order valence-corrected chi connectivity index (χ0v) is 16.2. The molecule has 144 valence electrons. The van der Waals surface area contributed by atoms with Gasteiger partial charge < -0.3 is 9.64 Å². The number of rotatable bonds is 4. The Hall–Kier alpha value is -2.84. The predicted octanol–water partition coefficient (Wildman–Crippen LogP) is 3.30. The van der Waals surface area contributed by atoms with Crippen molar-refractivity contribution in [3.63, 3.8) is 0 Å². The van der Waals surface area contributed by atoms with Gasteiger partial charge in [-0.25, -0.2) is 0 Å². The van der Waals surface area contributed by atoms with Crippen molar-refractivity contribution >= 4 is 5.91 Å². The zero-order valence-electron chi connectivity index (χ0n) is 16.2. The summed E-state index contributed by atoms with van der Waals surface area (Å²) in [4.78, 5) is 17.7. The minimum absolute atomic E-state index is 0.00172. The smallest absolute Gasteiger partial charge is 0.255 e. The predicted molar refractivity (Wildman–Crippen MR) is 107 cm³/mol. The standard InChI is InChI=1S/C23H25N3O2/c1-28-21-10-7-17(8-11-21)13-25-14-18-6-9-20(16-25)26(15-18)23(27)22-5-3-2-4-19(22)12-24/h2-5,7-8,10-11,18,20H,6,9,13-16H2,1H3/t18-,20+/m0/s1. The number of benzene rings is 2. The Morgan fingerprint density at radius 3 is 2.64 bits per heavy atom. The van der Waals surface area contributed by atoms with Crippen LogP contribution in [0.1, 0.15) is 34.3 Å². The van der Waals surface area contributed by atoms with Crippen LogP contribution in [-0.4, -0.2) is 48.5 Å². The fourth-order valence-electron chi connectivity index (χ4n) is 4.47. The maximum absolute atomic E-state index is 13.2. The summed E-state index contributed by atoms with van der Waals surface area (Å²) in [6, 6.07) is 17.7. The number of ether oxygens (including phenoxy) is 1. The Morgan fingerprint density at radius 2 is 1.89 bits per heavy atom. The van der Waals surface area contributed by atoms with Crippen LogP contribution in [0, 0.1) is 17.2 Å². The van der Waals surface area contributed by atoms with Crippen LogP contribution in [0.4, 0.5) is 0 Å². The lowest BCUT2D eigenvalue weighted by molar-refractivity contribution is 0.0584. The van der Waals surface area contributed by atoms with Crippen LogP contribution >= 0.6 is 0 Å². The van der Waals surface area contributed by atoms with Crippen molar-refractivity contribution in [3.05, 3.63) is 65.2 Å². The van der Waals surface area contributed by atoms with Gasteiger partial charge in [-0.3, -0.25) is 9.69 Å². The second-order valence-electron chi connectivity index (χ2n) is 7.75. The van der Waals surface area contributed by atoms with E-state index >= 15 is 0 Å². The Balaban J connectivity index is 1.50. The number of hydrogen-bond donors (Lipinski definition) is 0. The number of methoxy groups -OCH3 is 1. The van der Waals surface area contributed by atoms with E-state index in [0.717, 1.165) is 44.8 Å². The Morgan fingerprint density at radius 1 is 1.11 bits per heavy atom. The van der Waals surface area contributed by atoms with Crippen LogP contribution in [0.25, 0.3) is 0 Å². The van der Waals surface area contributed by atoms with Crippen LogP contribution in [-0.2, 0) is 6.54 Å². The molecule has 2 bridgehead atoms. The molecule has 1 amide bonds. The monoisotopic (exact) mass is 375 g/mol. The first-order valence-corrected chi connectivity index (χ1v) is 9.83. The molecule has 2 aromatic rings. The van der Waals surface area contributed by atoms with E-state index in [1.165, 1.54) is 5.56 Å². The lowest BCUT2D eigenvalue weighted by atomic mass is 9.94. The molecule has 2 atom stereocenters. The summed E-state index contributed by atoms with van der Waals surface area (Å²) in [5, 5.41) is 9.36. The molecule has 2 aromatic carbocycles. The third-order valence-corrected chi connectivity index (χ3v) is 5.89. The van der Waals surface area contributed by atoms with Gasteiger partial charge in [0.2, 0.25) is 0 Å². The van der Waals surface area contributed by atoms with Gasteiger partial charge in [0.25, 0.3) is 5.91 Å². The molecule has 0 unspecified atom stereocenters. The fraction of sp³-hybridized carbons (Fsp3) is 0.391. The number of piperidine rings is 1. The fourth-order valence-corrected chi connectivity index (χ4v) is 4.47. The van der Waals surface area contributed by atoms with Crippen molar-refractivity contribution in [2.45, 2.75) is 25.4 Å². The highest BCUT2D eigenvalue weighted by Crippen LogP contribution is 2.30. The molecule has 5 heteroatoms. The van der Waals surface area contributed by atoms with E-state index in [9.17, 15) is 10.1 Å². The first-order valence-electron chi connectivity index (χ1n) is 9.83. The number of nitriles is 1. The van der Waals surface area contributed by atoms with Crippen LogP contribution in [0.3, 0.4) is 0 Å². The van der Waals surface area contributed by atoms with Crippen LogP contribution in [0.2, 0.25) is 0 Å². The molecule has 0 N–H and O–H groups in total. The molecule has 3 saturated heterocycles. The van der Waals surface area contributed by atoms with Crippen LogP contribution in [0.15, 0.2) is 48.5 Å². The minimum Gasteiger partial charge on any atom is -0.497 e. The molecular formula is C23H25N3O2. The van der Waals surface area contributed by atoms with Gasteiger partial charge in [0, 0.05) is 32.2 Å². The Bertz CT molecular complexity index is 887. The first kappa shape index (κ1) is 18.5. The second-order valence-corrected chi connectivity index (χ2v) is 7.75. The van der Waals surface area contributed by atoms with E-state index in [1.807, 2.05) is 23.1 Å². The van der Waals surface area contributed by atoms with Gasteiger partial charge in [-0.1, -0.05) is 24.3 Å². The maximum Gasteiger partial charge on any atom is 0.255 e. The van der Waals surface area contributed by atoms with Crippen LogP contribution < -0.4 is 4.74 Å². The van der Waals surface area contributed by atoms with E-state index in [-0.39, 0.29) is 11.9 Å². The van der Waals surface area contributed by atoms with E-state index in [4.69, 9.17) is 4.74 Å². The normalized spacial score (nSPS) is 21.8. The molecule has 5 rings (SSSR count). The molecule has 0 saturated carbocycles. The molecule has 0 aromatic heterocycles. The van der Waals surface area contributed by atoms with E-state index in [1.54, 1.807) is 25.3 Å². The van der Waals surface area contributed by atoms with Crippen molar-refractivity contribution in [2.75, 3.05) is 26.7 Å². The Kier molecular flexibility index (Phi) is 5.31. The van der Waals surface area contributed by atoms with Crippen molar-refractivity contribution in [1.82, 2.24) is 9.80 Å². The number of amides is 1. The highest BCUT2D eigenvalue weighted by molar-refractivity contribution is 5.97. The molecule has 3 aliphatic heterocycles. The van der Waals surface area contributed by atoms with E-state index < -0.39 is 0 Å². The lowest BCUT2D eigenvalue weighted by Gasteiger charge is -2.36. The number of hydrogen-bond acceptors (Lipinski definition) is 4. The molecule has 28 heavy (non-hydrogen) atoms. The largest absolute Gasteiger partial charge is 0.497 e. The summed E-state index contributed by atoms with van der Waals surface area (Å²) in [6.45, 7) is 3.55. The average Bonchev–Trinajstić information content (AvgIpc) is 3.04. The summed E-state index contributed by atoms with van der Waals surface area (Å²) in [5.74, 6) is 1.35. The highest BCUT2D eigenvalue weighted by Gasteiger charge is 2.37. The van der Waals surface area contributed by atoms with Crippen molar-refractivity contribution in [3.8, 4) is 11.8 Å². The van der Waals surface area contributed by atoms with Gasteiger partial charge in [-0.15, -0.1) is 0 Å². The summed E-state index contributed by atoms with van der Waals surface area (Å²) < 4.78 is 5.24. The molecule has 3 aliphatic rings. The van der Waals surface area contributed by atoms with Gasteiger partial charge in [-0.2, -0.15) is 5.26 Å². The van der Waals surface area contributed by atoms with Crippen molar-refractivity contribution < 1.29 is 9.53 Å². The van der Waals surface area contributed by atoms with Gasteiger partial charge in [0.05, 0.1) is 24.3 Å². The molecule has 3 heterocycles. The summed E-state index contributed by atoms with van der Waals surface area (Å²) in [6.07, 6.45) is 2.19. The molecule has 3 fully saturated rings. The highest BCUT2D eigenvalue weighted by atomic mass is 16.5. The third-order valence-electron chi connectivity index (χ3n) is 5.89. The number of carbonyl (C=O) groups excluding carboxylic acids is 1. The van der Waals surface area contributed by atoms with Gasteiger partial charge in [0.1, 0.15) is 5.75 Å². The van der Waals surface area contributed by atoms with Crippen LogP contribution in [0.5, 0.6) is 5.75 Å². The maximum atomic E-state index is 13.2. The van der Waals surface area contributed by atoms with Gasteiger partial charge in [0.15, 0.2) is 0 Å². The number of fused-ring (bicyclic) bond motifs is 4. The lowest BCUT2D eigenvalue weighted by Crippen LogP contribution is -2.47. The topological polar surface area (TPSA) is 56.6 Å². The zero-order chi connectivity index (χ0) is 19.5. The van der Waals surface area contributed by atoms with Gasteiger partial charge in [-0.05, 0) is 48.6 Å². The molecule has 0 radical (unpaired) electrons. The Labute approximate surface area is 166 Å². The average molecular weight is 375 g/mol.